The van der Waals surface area contributed by atoms with Gasteiger partial charge in [-0.1, -0.05) is 36.8 Å². The molecule has 0 spiro atoms. The van der Waals surface area contributed by atoms with E-state index in [-0.39, 0.29) is 17.7 Å². The maximum absolute atomic E-state index is 12.0. The summed E-state index contributed by atoms with van der Waals surface area (Å²) in [6.45, 7) is 0.390. The van der Waals surface area contributed by atoms with Crippen LogP contribution in [0, 0.1) is 0 Å². The lowest BCUT2D eigenvalue weighted by molar-refractivity contribution is -0.120. The van der Waals surface area contributed by atoms with Gasteiger partial charge < -0.3 is 11.1 Å². The average molecular weight is 310 g/mol. The lowest BCUT2D eigenvalue weighted by atomic mass is 10.1. The minimum atomic E-state index is -3.27. The Morgan fingerprint density at radius 3 is 2.67 bits per heavy atom. The number of amides is 1. The van der Waals surface area contributed by atoms with Crippen molar-refractivity contribution in [3.63, 3.8) is 0 Å². The molecule has 0 aromatic heterocycles. The minimum absolute atomic E-state index is 0.120. The van der Waals surface area contributed by atoms with Crippen molar-refractivity contribution in [2.45, 2.75) is 37.0 Å². The van der Waals surface area contributed by atoms with Crippen molar-refractivity contribution in [1.29, 1.82) is 0 Å². The summed E-state index contributed by atoms with van der Waals surface area (Å²) in [4.78, 5) is 12.0. The van der Waals surface area contributed by atoms with Gasteiger partial charge in [-0.2, -0.15) is 0 Å². The first-order chi connectivity index (χ1) is 10.0. The van der Waals surface area contributed by atoms with Gasteiger partial charge in [-0.15, -0.1) is 0 Å². The second-order valence-corrected chi connectivity index (χ2v) is 7.75. The van der Waals surface area contributed by atoms with Gasteiger partial charge in [0.1, 0.15) is 5.25 Å². The molecule has 0 aliphatic carbocycles. The zero-order valence-electron chi connectivity index (χ0n) is 12.0. The molecule has 1 amide bonds. The number of nitrogens with one attached hydrogen (secondary N) is 1. The molecule has 2 unspecified atom stereocenters. The van der Waals surface area contributed by atoms with Crippen molar-refractivity contribution in [3.8, 4) is 0 Å². The molecule has 116 valence electrons. The first-order valence-electron chi connectivity index (χ1n) is 7.30. The van der Waals surface area contributed by atoms with Gasteiger partial charge in [-0.05, 0) is 24.8 Å². The quantitative estimate of drug-likeness (QED) is 0.854. The molecule has 1 saturated heterocycles. The van der Waals surface area contributed by atoms with Gasteiger partial charge in [0.25, 0.3) is 0 Å². The van der Waals surface area contributed by atoms with Crippen LogP contribution in [0.15, 0.2) is 30.3 Å². The van der Waals surface area contributed by atoms with E-state index in [0.29, 0.717) is 25.8 Å². The van der Waals surface area contributed by atoms with Gasteiger partial charge in [0.2, 0.25) is 5.91 Å². The van der Waals surface area contributed by atoms with Crippen molar-refractivity contribution >= 4 is 15.7 Å². The highest BCUT2D eigenvalue weighted by molar-refractivity contribution is 7.92. The van der Waals surface area contributed by atoms with Gasteiger partial charge >= 0.3 is 0 Å². The third kappa shape index (κ3) is 4.28. The standard InChI is InChI=1S/C15H22N2O3S/c16-13(12-6-2-1-3-7-12)9-10-17-15(18)14-8-4-5-11-21(14,19)20/h1-3,6-7,13-14H,4-5,8-11,16H2,(H,17,18). The van der Waals surface area contributed by atoms with Gasteiger partial charge in [0.05, 0.1) is 5.75 Å². The molecular weight excluding hydrogens is 288 g/mol. The zero-order chi connectivity index (χ0) is 15.3. The van der Waals surface area contributed by atoms with E-state index in [1.54, 1.807) is 0 Å². The number of nitrogens with two attached hydrogens (primary N) is 1. The van der Waals surface area contributed by atoms with Crippen molar-refractivity contribution in [2.24, 2.45) is 5.73 Å². The molecule has 3 N–H and O–H groups in total. The fourth-order valence-corrected chi connectivity index (χ4v) is 4.41. The first-order valence-corrected chi connectivity index (χ1v) is 9.02. The van der Waals surface area contributed by atoms with Crippen LogP contribution in [0.1, 0.15) is 37.3 Å². The lowest BCUT2D eigenvalue weighted by Gasteiger charge is -2.21. The highest BCUT2D eigenvalue weighted by Gasteiger charge is 2.34. The molecule has 0 bridgehead atoms. The van der Waals surface area contributed by atoms with Crippen molar-refractivity contribution in [3.05, 3.63) is 35.9 Å². The molecule has 21 heavy (non-hydrogen) atoms. The Labute approximate surface area is 125 Å². The molecule has 5 nitrogen and oxygen atoms in total. The summed E-state index contributed by atoms with van der Waals surface area (Å²) in [7, 11) is -3.27. The average Bonchev–Trinajstić information content (AvgIpc) is 2.47. The summed E-state index contributed by atoms with van der Waals surface area (Å²) in [5.74, 6) is -0.260. The molecule has 1 heterocycles. The number of hydrogen-bond donors (Lipinski definition) is 2. The Balaban J connectivity index is 1.82. The monoisotopic (exact) mass is 310 g/mol. The van der Waals surface area contributed by atoms with Crippen LogP contribution in [0.25, 0.3) is 0 Å². The Morgan fingerprint density at radius 1 is 1.29 bits per heavy atom. The van der Waals surface area contributed by atoms with Crippen LogP contribution >= 0.6 is 0 Å². The molecule has 6 heteroatoms. The highest BCUT2D eigenvalue weighted by atomic mass is 32.2. The fraction of sp³-hybridized carbons (Fsp3) is 0.533. The number of rotatable bonds is 5. The van der Waals surface area contributed by atoms with Crippen LogP contribution in [-0.4, -0.2) is 31.9 Å². The van der Waals surface area contributed by atoms with E-state index < -0.39 is 15.1 Å². The second-order valence-electron chi connectivity index (χ2n) is 5.45. The smallest absolute Gasteiger partial charge is 0.238 e. The molecule has 2 atom stereocenters. The Hall–Kier alpha value is -1.40. The van der Waals surface area contributed by atoms with E-state index in [1.165, 1.54) is 0 Å². The molecule has 0 radical (unpaired) electrons. The summed E-state index contributed by atoms with van der Waals surface area (Å²) in [6.07, 6.45) is 2.47. The normalized spacial score (nSPS) is 22.4. The lowest BCUT2D eigenvalue weighted by Crippen LogP contribution is -2.43. The fourth-order valence-electron chi connectivity index (χ4n) is 2.58. The van der Waals surface area contributed by atoms with Crippen LogP contribution < -0.4 is 11.1 Å². The maximum Gasteiger partial charge on any atom is 0.238 e. The van der Waals surface area contributed by atoms with Crippen LogP contribution in [0.3, 0.4) is 0 Å². The summed E-state index contributed by atoms with van der Waals surface area (Å²) in [6, 6.07) is 9.49. The van der Waals surface area contributed by atoms with E-state index >= 15 is 0 Å². The summed E-state index contributed by atoms with van der Waals surface area (Å²) in [5.41, 5.74) is 7.05. The summed E-state index contributed by atoms with van der Waals surface area (Å²) >= 11 is 0. The van der Waals surface area contributed by atoms with Gasteiger partial charge in [0, 0.05) is 12.6 Å². The van der Waals surface area contributed by atoms with Crippen molar-refractivity contribution in [1.82, 2.24) is 5.32 Å². The third-order valence-corrected chi connectivity index (χ3v) is 6.03. The predicted molar refractivity (Wildman–Crippen MR) is 82.4 cm³/mol. The Kier molecular flexibility index (Phi) is 5.36. The maximum atomic E-state index is 12.0. The van der Waals surface area contributed by atoms with E-state index in [1.807, 2.05) is 30.3 Å². The Bertz CT molecular complexity index is 572. The third-order valence-electron chi connectivity index (χ3n) is 3.85. The number of sulfone groups is 1. The first kappa shape index (κ1) is 16.0. The molecule has 1 fully saturated rings. The van der Waals surface area contributed by atoms with Crippen LogP contribution in [0.4, 0.5) is 0 Å². The summed E-state index contributed by atoms with van der Waals surface area (Å²) in [5, 5.41) is 1.83. The molecule has 1 aliphatic heterocycles. The van der Waals surface area contributed by atoms with E-state index in [9.17, 15) is 13.2 Å². The summed E-state index contributed by atoms with van der Waals surface area (Å²) < 4.78 is 23.7. The molecule has 1 aromatic carbocycles. The van der Waals surface area contributed by atoms with Gasteiger partial charge in [0.15, 0.2) is 9.84 Å². The highest BCUT2D eigenvalue weighted by Crippen LogP contribution is 2.19. The van der Waals surface area contributed by atoms with Crippen LogP contribution in [0.2, 0.25) is 0 Å². The van der Waals surface area contributed by atoms with Crippen molar-refractivity contribution < 1.29 is 13.2 Å². The van der Waals surface area contributed by atoms with Crippen LogP contribution in [0.5, 0.6) is 0 Å². The molecular formula is C15H22N2O3S. The Morgan fingerprint density at radius 2 is 2.00 bits per heavy atom. The molecule has 1 aromatic rings. The predicted octanol–water partition coefficient (Wildman–Crippen LogP) is 1.16. The molecule has 0 saturated carbocycles. The van der Waals surface area contributed by atoms with E-state index in [0.717, 1.165) is 12.0 Å². The minimum Gasteiger partial charge on any atom is -0.355 e. The van der Waals surface area contributed by atoms with Gasteiger partial charge in [-0.25, -0.2) is 8.42 Å². The number of carbonyl (C=O) groups excluding carboxylic acids is 1. The number of carbonyl (C=O) groups is 1. The number of hydrogen-bond acceptors (Lipinski definition) is 4. The topological polar surface area (TPSA) is 89.3 Å². The largest absolute Gasteiger partial charge is 0.355 e. The zero-order valence-corrected chi connectivity index (χ0v) is 12.8. The second kappa shape index (κ2) is 7.04. The van der Waals surface area contributed by atoms with Crippen molar-refractivity contribution in [2.75, 3.05) is 12.3 Å². The molecule has 1 aliphatic rings. The van der Waals surface area contributed by atoms with E-state index in [4.69, 9.17) is 5.73 Å². The SMILES string of the molecule is NC(CCNC(=O)C1CCCCS1(=O)=O)c1ccccc1. The van der Waals surface area contributed by atoms with E-state index in [2.05, 4.69) is 5.32 Å². The molecule has 2 rings (SSSR count). The van der Waals surface area contributed by atoms with Gasteiger partial charge in [-0.3, -0.25) is 4.79 Å². The van der Waals surface area contributed by atoms with Crippen LogP contribution in [-0.2, 0) is 14.6 Å². The number of benzene rings is 1.